The van der Waals surface area contributed by atoms with Crippen LogP contribution >= 0.6 is 0 Å². The molecule has 0 unspecified atom stereocenters. The van der Waals surface area contributed by atoms with Crippen molar-refractivity contribution in [2.75, 3.05) is 4.90 Å². The van der Waals surface area contributed by atoms with Gasteiger partial charge in [0, 0.05) is 22.4 Å². The normalized spacial score (nSPS) is 13.7. The molecule has 0 radical (unpaired) electrons. The zero-order chi connectivity index (χ0) is 43.7. The molecule has 13 rings (SSSR count). The average molecular weight is 842 g/mol. The predicted molar refractivity (Wildman–Crippen MR) is 271 cm³/mol. The van der Waals surface area contributed by atoms with E-state index in [1.165, 1.54) is 77.9 Å². The van der Waals surface area contributed by atoms with Crippen molar-refractivity contribution >= 4 is 28.0 Å². The van der Waals surface area contributed by atoms with E-state index in [2.05, 4.69) is 254 Å². The Bertz CT molecular complexity index is 3490. The molecule has 11 aromatic rings. The van der Waals surface area contributed by atoms with Crippen molar-refractivity contribution in [2.45, 2.75) is 10.8 Å². The first kappa shape index (κ1) is 38.0. The number of furan rings is 1. The Balaban J connectivity index is 0.952. The molecule has 2 heteroatoms. The summed E-state index contributed by atoms with van der Waals surface area (Å²) in [5, 5.41) is 1.06. The number of nitrogens with zero attached hydrogens (tertiary/aromatic N) is 1. The van der Waals surface area contributed by atoms with E-state index in [-0.39, 0.29) is 0 Å². The molecule has 0 spiro atoms. The van der Waals surface area contributed by atoms with Gasteiger partial charge in [0.05, 0.1) is 17.1 Å². The summed E-state index contributed by atoms with van der Waals surface area (Å²) in [6, 6.07) is 93.7. The van der Waals surface area contributed by atoms with Gasteiger partial charge in [0.2, 0.25) is 0 Å². The van der Waals surface area contributed by atoms with E-state index >= 15 is 0 Å². The Morgan fingerprint density at radius 2 is 0.697 bits per heavy atom. The molecule has 1 aromatic heterocycles. The van der Waals surface area contributed by atoms with Gasteiger partial charge in [-0.2, -0.15) is 0 Å². The van der Waals surface area contributed by atoms with Crippen LogP contribution in [0.5, 0.6) is 0 Å². The van der Waals surface area contributed by atoms with E-state index < -0.39 is 10.8 Å². The highest BCUT2D eigenvalue weighted by atomic mass is 16.3. The minimum atomic E-state index is -0.465. The van der Waals surface area contributed by atoms with Crippen molar-refractivity contribution in [1.29, 1.82) is 0 Å². The Morgan fingerprint density at radius 1 is 0.288 bits per heavy atom. The molecule has 2 nitrogen and oxygen atoms in total. The van der Waals surface area contributed by atoms with Gasteiger partial charge in [-0.1, -0.05) is 200 Å². The fraction of sp³-hybridized carbons (Fsp3) is 0.0312. The standard InChI is InChI=1S/C64H43NO/c1-5-17-47(18-6-1)63(48-19-7-2-8-20-48)58-27-15-13-25-54(58)56-42-45(31-36-60(56)63)44-29-32-51(33-30-44)65(52-35-38-62-46(41-52)39-40-66-62)53-34-37-61-57(43-53)55-26-14-16-28-59(55)64(61,49-21-9-3-10-22-49)50-23-11-4-12-24-50/h1-43H. The van der Waals surface area contributed by atoms with Gasteiger partial charge in [-0.15, -0.1) is 0 Å². The van der Waals surface area contributed by atoms with Crippen molar-refractivity contribution < 1.29 is 4.42 Å². The van der Waals surface area contributed by atoms with E-state index in [0.29, 0.717) is 0 Å². The molecule has 0 saturated heterocycles. The second-order valence-corrected chi connectivity index (χ2v) is 17.6. The van der Waals surface area contributed by atoms with Crippen LogP contribution in [0.15, 0.2) is 265 Å². The van der Waals surface area contributed by atoms with Gasteiger partial charge in [-0.05, 0) is 132 Å². The van der Waals surface area contributed by atoms with Gasteiger partial charge in [0.1, 0.15) is 5.58 Å². The molecule has 2 aliphatic rings. The van der Waals surface area contributed by atoms with E-state index in [1.54, 1.807) is 6.26 Å². The highest BCUT2D eigenvalue weighted by Gasteiger charge is 2.47. The monoisotopic (exact) mass is 841 g/mol. The Morgan fingerprint density at radius 3 is 1.24 bits per heavy atom. The number of anilines is 3. The van der Waals surface area contributed by atoms with E-state index in [4.69, 9.17) is 4.42 Å². The fourth-order valence-electron chi connectivity index (χ4n) is 11.5. The van der Waals surface area contributed by atoms with Crippen molar-refractivity contribution in [1.82, 2.24) is 0 Å². The highest BCUT2D eigenvalue weighted by Crippen LogP contribution is 2.58. The topological polar surface area (TPSA) is 16.4 Å². The summed E-state index contributed by atoms with van der Waals surface area (Å²) < 4.78 is 5.83. The van der Waals surface area contributed by atoms with Crippen LogP contribution in [-0.2, 0) is 10.8 Å². The van der Waals surface area contributed by atoms with Crippen molar-refractivity contribution in [2.24, 2.45) is 0 Å². The van der Waals surface area contributed by atoms with Gasteiger partial charge in [0.25, 0.3) is 0 Å². The lowest BCUT2D eigenvalue weighted by molar-refractivity contribution is 0.616. The summed E-state index contributed by atoms with van der Waals surface area (Å²) in [5.74, 6) is 0. The first-order valence-corrected chi connectivity index (χ1v) is 22.8. The minimum Gasteiger partial charge on any atom is -0.464 e. The van der Waals surface area contributed by atoms with Crippen molar-refractivity contribution in [3.05, 3.63) is 306 Å². The molecule has 0 saturated carbocycles. The molecular formula is C64H43NO. The molecule has 66 heavy (non-hydrogen) atoms. The maximum atomic E-state index is 5.83. The van der Waals surface area contributed by atoms with Crippen molar-refractivity contribution in [3.8, 4) is 33.4 Å². The van der Waals surface area contributed by atoms with Crippen LogP contribution in [0, 0.1) is 0 Å². The van der Waals surface area contributed by atoms with Crippen LogP contribution < -0.4 is 4.90 Å². The summed E-state index contributed by atoms with van der Waals surface area (Å²) in [6.45, 7) is 0. The molecular weight excluding hydrogens is 799 g/mol. The summed E-state index contributed by atoms with van der Waals surface area (Å²) in [6.07, 6.45) is 1.77. The van der Waals surface area contributed by atoms with E-state index in [9.17, 15) is 0 Å². The lowest BCUT2D eigenvalue weighted by Crippen LogP contribution is -2.28. The van der Waals surface area contributed by atoms with Crippen LogP contribution in [0.1, 0.15) is 44.5 Å². The first-order valence-electron chi connectivity index (χ1n) is 22.8. The second-order valence-electron chi connectivity index (χ2n) is 17.6. The van der Waals surface area contributed by atoms with Crippen LogP contribution in [0.3, 0.4) is 0 Å². The van der Waals surface area contributed by atoms with Gasteiger partial charge < -0.3 is 9.32 Å². The van der Waals surface area contributed by atoms with E-state index in [0.717, 1.165) is 28.0 Å². The fourth-order valence-corrected chi connectivity index (χ4v) is 11.5. The molecule has 1 heterocycles. The summed E-state index contributed by atoms with van der Waals surface area (Å²) in [5.41, 5.74) is 20.9. The van der Waals surface area contributed by atoms with E-state index in [1.807, 2.05) is 6.07 Å². The third-order valence-electron chi connectivity index (χ3n) is 14.3. The first-order chi connectivity index (χ1) is 32.7. The van der Waals surface area contributed by atoms with Crippen LogP contribution in [0.4, 0.5) is 17.1 Å². The Hall–Kier alpha value is -8.46. The SMILES string of the molecule is c1ccc(C2(c3ccccc3)c3ccccc3-c3cc(-c4ccc(N(c5ccc6c(c5)-c5ccccc5C6(c5ccccc5)c5ccccc5)c5ccc6occc6c5)cc4)ccc32)cc1. The lowest BCUT2D eigenvalue weighted by atomic mass is 9.67. The zero-order valence-electron chi connectivity index (χ0n) is 36.2. The number of rotatable bonds is 8. The van der Waals surface area contributed by atoms with Gasteiger partial charge in [0.15, 0.2) is 0 Å². The molecule has 0 bridgehead atoms. The zero-order valence-corrected chi connectivity index (χ0v) is 36.2. The maximum Gasteiger partial charge on any atom is 0.133 e. The predicted octanol–water partition coefficient (Wildman–Crippen LogP) is 16.3. The minimum absolute atomic E-state index is 0.425. The van der Waals surface area contributed by atoms with Gasteiger partial charge in [-0.25, -0.2) is 0 Å². The highest BCUT2D eigenvalue weighted by molar-refractivity contribution is 5.93. The third-order valence-corrected chi connectivity index (χ3v) is 14.3. The summed E-state index contributed by atoms with van der Waals surface area (Å²) in [7, 11) is 0. The molecule has 0 N–H and O–H groups in total. The molecule has 0 aliphatic heterocycles. The molecule has 10 aromatic carbocycles. The van der Waals surface area contributed by atoms with Crippen LogP contribution in [0.25, 0.3) is 44.3 Å². The maximum absolute atomic E-state index is 5.83. The molecule has 0 amide bonds. The smallest absolute Gasteiger partial charge is 0.133 e. The number of fused-ring (bicyclic) bond motifs is 7. The summed E-state index contributed by atoms with van der Waals surface area (Å²) >= 11 is 0. The van der Waals surface area contributed by atoms with Crippen LogP contribution in [-0.4, -0.2) is 0 Å². The molecule has 2 aliphatic carbocycles. The quantitative estimate of drug-likeness (QED) is 0.152. The Kier molecular flexibility index (Phi) is 8.69. The number of hydrogen-bond donors (Lipinski definition) is 0. The summed E-state index contributed by atoms with van der Waals surface area (Å²) in [4.78, 5) is 2.39. The molecule has 0 fully saturated rings. The Labute approximate surface area is 385 Å². The van der Waals surface area contributed by atoms with Gasteiger partial charge >= 0.3 is 0 Å². The molecule has 310 valence electrons. The number of hydrogen-bond acceptors (Lipinski definition) is 2. The van der Waals surface area contributed by atoms with Crippen LogP contribution in [0.2, 0.25) is 0 Å². The average Bonchev–Trinajstić information content (AvgIpc) is 4.08. The molecule has 0 atom stereocenters. The largest absolute Gasteiger partial charge is 0.464 e. The number of benzene rings is 10. The van der Waals surface area contributed by atoms with Crippen molar-refractivity contribution in [3.63, 3.8) is 0 Å². The lowest BCUT2D eigenvalue weighted by Gasteiger charge is -2.34. The third kappa shape index (κ3) is 5.55. The van der Waals surface area contributed by atoms with Gasteiger partial charge in [-0.3, -0.25) is 0 Å². The second kappa shape index (κ2) is 15.1.